The Morgan fingerprint density at radius 1 is 1.06 bits per heavy atom. The Labute approximate surface area is 216 Å². The fraction of sp³-hybridized carbons (Fsp3) is 0.462. The van der Waals surface area contributed by atoms with E-state index in [1.807, 2.05) is 6.07 Å². The predicted molar refractivity (Wildman–Crippen MR) is 139 cm³/mol. The summed E-state index contributed by atoms with van der Waals surface area (Å²) in [5, 5.41) is 9.38. The summed E-state index contributed by atoms with van der Waals surface area (Å²) in [6.07, 6.45) is 0. The normalized spacial score (nSPS) is 17.4. The van der Waals surface area contributed by atoms with Crippen molar-refractivity contribution < 1.29 is 24.1 Å². The second-order valence-electron chi connectivity index (χ2n) is 8.56. The zero-order chi connectivity index (χ0) is 25.4. The van der Waals surface area contributed by atoms with Gasteiger partial charge in [0.1, 0.15) is 5.84 Å². The van der Waals surface area contributed by atoms with E-state index in [2.05, 4.69) is 52.3 Å². The molecule has 1 atom stereocenters. The Kier molecular flexibility index (Phi) is 9.35. The average Bonchev–Trinajstić information content (AvgIpc) is 3.08. The number of aliphatic hydroxyl groups excluding tert-OH is 1. The highest BCUT2D eigenvalue weighted by molar-refractivity contribution is 7.99. The number of hydrogen-bond donors (Lipinski definition) is 2. The number of piperazine rings is 1. The van der Waals surface area contributed by atoms with Gasteiger partial charge in [0.25, 0.3) is 0 Å². The summed E-state index contributed by atoms with van der Waals surface area (Å²) in [7, 11) is 0. The van der Waals surface area contributed by atoms with Crippen LogP contribution in [0.25, 0.3) is 0 Å². The zero-order valence-electron chi connectivity index (χ0n) is 20.6. The summed E-state index contributed by atoms with van der Waals surface area (Å²) in [5.74, 6) is 0.250. The van der Waals surface area contributed by atoms with E-state index in [0.29, 0.717) is 6.61 Å². The number of para-hydroxylation sites is 1. The maximum absolute atomic E-state index is 11.8. The van der Waals surface area contributed by atoms with Crippen molar-refractivity contribution in [3.63, 3.8) is 0 Å². The Morgan fingerprint density at radius 3 is 2.53 bits per heavy atom. The van der Waals surface area contributed by atoms with Gasteiger partial charge in [-0.05, 0) is 25.1 Å². The molecule has 0 radical (unpaired) electrons. The van der Waals surface area contributed by atoms with Gasteiger partial charge in [-0.15, -0.1) is 0 Å². The molecule has 1 fully saturated rings. The van der Waals surface area contributed by atoms with E-state index in [1.165, 1.54) is 15.4 Å². The maximum Gasteiger partial charge on any atom is 0.356 e. The number of esters is 1. The second kappa shape index (κ2) is 12.7. The first-order valence-corrected chi connectivity index (χ1v) is 13.1. The number of carbonyl (C=O) groups excluding carboxylic acids is 1. The van der Waals surface area contributed by atoms with Gasteiger partial charge in [-0.1, -0.05) is 42.1 Å². The highest BCUT2D eigenvalue weighted by Gasteiger charge is 2.36. The highest BCUT2D eigenvalue weighted by Crippen LogP contribution is 2.40. The molecule has 0 aromatic heterocycles. The number of aliphatic imine (C=N–C) groups is 1. The largest absolute Gasteiger partial charge is 0.463 e. The molecule has 36 heavy (non-hydrogen) atoms. The lowest BCUT2D eigenvalue weighted by Gasteiger charge is -2.36. The van der Waals surface area contributed by atoms with E-state index in [1.54, 1.807) is 18.7 Å². The van der Waals surface area contributed by atoms with Crippen molar-refractivity contribution in [1.82, 2.24) is 9.80 Å². The highest BCUT2D eigenvalue weighted by atomic mass is 32.2. The molecule has 0 bridgehead atoms. The first-order valence-electron chi connectivity index (χ1n) is 12.2. The quantitative estimate of drug-likeness (QED) is 0.280. The number of ether oxygens (including phenoxy) is 3. The van der Waals surface area contributed by atoms with E-state index in [0.717, 1.165) is 44.2 Å². The first kappa shape index (κ1) is 26.6. The summed E-state index contributed by atoms with van der Waals surface area (Å²) >= 11 is 1.77. The second-order valence-corrected chi connectivity index (χ2v) is 9.64. The summed E-state index contributed by atoms with van der Waals surface area (Å²) in [4.78, 5) is 24.0. The van der Waals surface area contributed by atoms with E-state index < -0.39 is 18.3 Å². The average molecular weight is 515 g/mol. The minimum atomic E-state index is -1.85. The van der Waals surface area contributed by atoms with Crippen LogP contribution in [0.3, 0.4) is 0 Å². The molecule has 0 amide bonds. The van der Waals surface area contributed by atoms with E-state index >= 15 is 0 Å². The molecule has 9 nitrogen and oxygen atoms in total. The minimum absolute atomic E-state index is 0.0857. The number of hydrogen-bond acceptors (Lipinski definition) is 10. The van der Waals surface area contributed by atoms with Crippen LogP contribution in [0, 0.1) is 0 Å². The van der Waals surface area contributed by atoms with Crippen molar-refractivity contribution >= 4 is 29.3 Å². The maximum atomic E-state index is 11.8. The van der Waals surface area contributed by atoms with Crippen LogP contribution in [-0.2, 0) is 19.0 Å². The molecule has 1 saturated heterocycles. The third-order valence-electron chi connectivity index (χ3n) is 6.11. The van der Waals surface area contributed by atoms with Crippen LogP contribution in [0.2, 0.25) is 0 Å². The van der Waals surface area contributed by atoms with Gasteiger partial charge in [0.05, 0.1) is 38.7 Å². The lowest BCUT2D eigenvalue weighted by molar-refractivity contribution is -0.179. The van der Waals surface area contributed by atoms with Crippen LogP contribution in [0.15, 0.2) is 63.3 Å². The van der Waals surface area contributed by atoms with E-state index in [-0.39, 0.29) is 19.8 Å². The van der Waals surface area contributed by atoms with Crippen molar-refractivity contribution in [2.45, 2.75) is 22.4 Å². The Morgan fingerprint density at radius 2 is 1.78 bits per heavy atom. The minimum Gasteiger partial charge on any atom is -0.463 e. The monoisotopic (exact) mass is 514 g/mol. The fourth-order valence-electron chi connectivity index (χ4n) is 4.09. The molecular formula is C26H34N4O5S. The molecule has 2 aromatic carbocycles. The molecule has 194 valence electrons. The van der Waals surface area contributed by atoms with Gasteiger partial charge in [-0.2, -0.15) is 0 Å². The van der Waals surface area contributed by atoms with Gasteiger partial charge in [0, 0.05) is 48.1 Å². The lowest BCUT2D eigenvalue weighted by Crippen LogP contribution is -2.55. The number of benzene rings is 2. The van der Waals surface area contributed by atoms with Gasteiger partial charge >= 0.3 is 5.97 Å². The van der Waals surface area contributed by atoms with Crippen molar-refractivity contribution in [2.75, 3.05) is 65.8 Å². The van der Waals surface area contributed by atoms with Crippen molar-refractivity contribution in [1.29, 1.82) is 0 Å². The number of nitrogens with two attached hydrogens (primary N) is 1. The molecule has 0 saturated carbocycles. The molecule has 2 aliphatic rings. The van der Waals surface area contributed by atoms with Crippen molar-refractivity contribution in [3.05, 3.63) is 54.1 Å². The van der Waals surface area contributed by atoms with Crippen LogP contribution in [0.1, 0.15) is 12.5 Å². The fourth-order valence-corrected chi connectivity index (χ4v) is 5.11. The Bertz CT molecular complexity index is 1060. The molecule has 1 unspecified atom stereocenters. The predicted octanol–water partition coefficient (Wildman–Crippen LogP) is 2.09. The lowest BCUT2D eigenvalue weighted by atomic mass is 10.1. The van der Waals surface area contributed by atoms with Gasteiger partial charge in [0.2, 0.25) is 5.72 Å². The molecule has 2 aliphatic heterocycles. The third kappa shape index (κ3) is 6.44. The molecule has 2 heterocycles. The summed E-state index contributed by atoms with van der Waals surface area (Å²) < 4.78 is 15.8. The first-order chi connectivity index (χ1) is 17.5. The molecule has 0 spiro atoms. The van der Waals surface area contributed by atoms with Gasteiger partial charge in [0.15, 0.2) is 0 Å². The SMILES string of the molecule is CCOC(=O)C(N)(CO)OCCOCCN1CCN(C2=Nc3ccccc3Sc3ccccc32)CC1. The van der Waals surface area contributed by atoms with Crippen LogP contribution in [-0.4, -0.2) is 98.2 Å². The van der Waals surface area contributed by atoms with Gasteiger partial charge < -0.3 is 24.2 Å². The van der Waals surface area contributed by atoms with Crippen LogP contribution in [0.4, 0.5) is 5.69 Å². The molecule has 2 aromatic rings. The Hall–Kier alpha value is -2.47. The summed E-state index contributed by atoms with van der Waals surface area (Å²) in [6.45, 7) is 6.45. The third-order valence-corrected chi connectivity index (χ3v) is 7.25. The zero-order valence-corrected chi connectivity index (χ0v) is 21.4. The standard InChI is InChI=1S/C26H34N4O5S/c1-2-34-25(32)26(27,19-31)35-18-17-33-16-15-29-11-13-30(14-12-29)24-20-7-3-5-9-22(20)36-23-10-6-4-8-21(23)28-24/h3-10,31H,2,11-19,27H2,1H3. The summed E-state index contributed by atoms with van der Waals surface area (Å²) in [6, 6.07) is 16.8. The van der Waals surface area contributed by atoms with Crippen LogP contribution in [0.5, 0.6) is 0 Å². The molecule has 10 heteroatoms. The number of rotatable bonds is 10. The number of nitrogens with zero attached hydrogens (tertiary/aromatic N) is 3. The topological polar surface area (TPSA) is 110 Å². The molecule has 3 N–H and O–H groups in total. The smallest absolute Gasteiger partial charge is 0.356 e. The summed E-state index contributed by atoms with van der Waals surface area (Å²) in [5.41, 5.74) is 6.11. The van der Waals surface area contributed by atoms with E-state index in [4.69, 9.17) is 24.9 Å². The number of amidine groups is 1. The molecule has 4 rings (SSSR count). The molecule has 0 aliphatic carbocycles. The van der Waals surface area contributed by atoms with Gasteiger partial charge in [-0.25, -0.2) is 9.79 Å². The van der Waals surface area contributed by atoms with Gasteiger partial charge in [-0.3, -0.25) is 10.6 Å². The van der Waals surface area contributed by atoms with Crippen molar-refractivity contribution in [2.24, 2.45) is 10.7 Å². The number of aliphatic hydroxyl groups is 1. The van der Waals surface area contributed by atoms with Crippen LogP contribution < -0.4 is 5.73 Å². The number of carbonyl (C=O) groups is 1. The van der Waals surface area contributed by atoms with Crippen molar-refractivity contribution in [3.8, 4) is 0 Å². The Balaban J connectivity index is 1.24. The molecular weight excluding hydrogens is 480 g/mol. The van der Waals surface area contributed by atoms with Crippen LogP contribution >= 0.6 is 11.8 Å². The number of fused-ring (bicyclic) bond motifs is 2. The van der Waals surface area contributed by atoms with E-state index in [9.17, 15) is 9.90 Å².